The molecule has 0 saturated carbocycles. The van der Waals surface area contributed by atoms with Crippen LogP contribution in [-0.4, -0.2) is 36.4 Å². The van der Waals surface area contributed by atoms with Crippen LogP contribution in [-0.2, 0) is 10.0 Å². The van der Waals surface area contributed by atoms with Crippen molar-refractivity contribution in [3.63, 3.8) is 0 Å². The van der Waals surface area contributed by atoms with Crippen LogP contribution >= 0.6 is 24.0 Å². The summed E-state index contributed by atoms with van der Waals surface area (Å²) in [4.78, 5) is 3.99. The molecule has 0 aliphatic carbocycles. The highest BCUT2D eigenvalue weighted by molar-refractivity contribution is 7.99. The number of thioether (sulfide) groups is 1. The van der Waals surface area contributed by atoms with Gasteiger partial charge in [-0.1, -0.05) is 12.2 Å². The molecule has 2 heterocycles. The number of pyridine rings is 1. The van der Waals surface area contributed by atoms with Crippen molar-refractivity contribution in [2.24, 2.45) is 11.7 Å². The molecule has 1 aromatic heterocycles. The lowest BCUT2D eigenvalue weighted by molar-refractivity contribution is 0.476. The van der Waals surface area contributed by atoms with Crippen LogP contribution in [0.15, 0.2) is 23.2 Å². The molecule has 110 valence electrons. The summed E-state index contributed by atoms with van der Waals surface area (Å²) in [6.07, 6.45) is 3.57. The van der Waals surface area contributed by atoms with Gasteiger partial charge >= 0.3 is 0 Å². The predicted octanol–water partition coefficient (Wildman–Crippen LogP) is 1.14. The fourth-order valence-corrected chi connectivity index (χ4v) is 4.77. The number of sulfonamides is 1. The van der Waals surface area contributed by atoms with Crippen LogP contribution in [0.1, 0.15) is 18.5 Å². The maximum absolute atomic E-state index is 12.3. The highest BCUT2D eigenvalue weighted by Gasteiger charge is 2.22. The number of thiocarbonyl (C=S) groups is 1. The van der Waals surface area contributed by atoms with Crippen molar-refractivity contribution in [1.29, 1.82) is 0 Å². The summed E-state index contributed by atoms with van der Waals surface area (Å²) in [7, 11) is -3.62. The number of hydrogen-bond donors (Lipinski definition) is 2. The van der Waals surface area contributed by atoms with Crippen molar-refractivity contribution in [3.8, 4) is 0 Å². The van der Waals surface area contributed by atoms with Crippen molar-refractivity contribution < 1.29 is 8.42 Å². The molecule has 5 nitrogen and oxygen atoms in total. The average Bonchev–Trinajstić information content (AvgIpc) is 2.46. The molecule has 20 heavy (non-hydrogen) atoms. The van der Waals surface area contributed by atoms with Gasteiger partial charge in [0.2, 0.25) is 10.0 Å². The minimum absolute atomic E-state index is 0.0139. The molecule has 0 aromatic carbocycles. The molecule has 0 atom stereocenters. The standard InChI is InChI=1S/C12H17N3O2S3/c13-12(18)11-10(2-1-5-14-11)20(16,17)15-8-9-3-6-19-7-4-9/h1-2,5,9,15H,3-4,6-8H2,(H2,13,18). The van der Waals surface area contributed by atoms with E-state index in [0.717, 1.165) is 24.3 Å². The van der Waals surface area contributed by atoms with E-state index < -0.39 is 10.0 Å². The van der Waals surface area contributed by atoms with Gasteiger partial charge in [0, 0.05) is 12.7 Å². The molecule has 1 aromatic rings. The first-order valence-electron chi connectivity index (χ1n) is 6.33. The molecule has 2 rings (SSSR count). The van der Waals surface area contributed by atoms with Gasteiger partial charge in [-0.05, 0) is 42.4 Å². The van der Waals surface area contributed by atoms with Gasteiger partial charge in [0.1, 0.15) is 15.6 Å². The molecule has 0 unspecified atom stereocenters. The lowest BCUT2D eigenvalue weighted by atomic mass is 10.0. The van der Waals surface area contributed by atoms with Gasteiger partial charge < -0.3 is 5.73 Å². The summed E-state index contributed by atoms with van der Waals surface area (Å²) in [5, 5.41) is 0. The van der Waals surface area contributed by atoms with Crippen LogP contribution in [0, 0.1) is 5.92 Å². The quantitative estimate of drug-likeness (QED) is 0.787. The summed E-state index contributed by atoms with van der Waals surface area (Å²) < 4.78 is 27.3. The van der Waals surface area contributed by atoms with Crippen LogP contribution in [0.5, 0.6) is 0 Å². The summed E-state index contributed by atoms with van der Waals surface area (Å²) in [5.74, 6) is 2.59. The first-order chi connectivity index (χ1) is 9.50. The Morgan fingerprint density at radius 3 is 2.85 bits per heavy atom. The minimum Gasteiger partial charge on any atom is -0.388 e. The largest absolute Gasteiger partial charge is 0.388 e. The van der Waals surface area contributed by atoms with Gasteiger partial charge in [0.25, 0.3) is 0 Å². The predicted molar refractivity (Wildman–Crippen MR) is 85.4 cm³/mol. The lowest BCUT2D eigenvalue weighted by Crippen LogP contribution is -2.32. The molecule has 3 N–H and O–H groups in total. The molecule has 0 radical (unpaired) electrons. The Balaban J connectivity index is 2.12. The number of rotatable bonds is 5. The molecule has 0 amide bonds. The van der Waals surface area contributed by atoms with Crippen molar-refractivity contribution in [2.45, 2.75) is 17.7 Å². The van der Waals surface area contributed by atoms with Gasteiger partial charge in [0.05, 0.1) is 0 Å². The van der Waals surface area contributed by atoms with E-state index in [1.54, 1.807) is 6.07 Å². The monoisotopic (exact) mass is 331 g/mol. The van der Waals surface area contributed by atoms with E-state index in [1.165, 1.54) is 12.3 Å². The zero-order valence-corrected chi connectivity index (χ0v) is 13.4. The summed E-state index contributed by atoms with van der Waals surface area (Å²) in [5.41, 5.74) is 5.67. The van der Waals surface area contributed by atoms with Crippen molar-refractivity contribution in [2.75, 3.05) is 18.1 Å². The Bertz CT molecular complexity index is 583. The second kappa shape index (κ2) is 6.84. The van der Waals surface area contributed by atoms with E-state index in [-0.39, 0.29) is 15.6 Å². The van der Waals surface area contributed by atoms with Crippen LogP contribution in [0.3, 0.4) is 0 Å². The van der Waals surface area contributed by atoms with E-state index in [0.29, 0.717) is 12.5 Å². The first kappa shape index (κ1) is 15.7. The van der Waals surface area contributed by atoms with Crippen molar-refractivity contribution >= 4 is 39.0 Å². The zero-order chi connectivity index (χ0) is 14.6. The van der Waals surface area contributed by atoms with Gasteiger partial charge in [-0.15, -0.1) is 0 Å². The van der Waals surface area contributed by atoms with Gasteiger partial charge in [0.15, 0.2) is 0 Å². The Kier molecular flexibility index (Phi) is 5.36. The molecule has 1 aliphatic rings. The normalized spacial score (nSPS) is 17.0. The molecule has 0 spiro atoms. The first-order valence-corrected chi connectivity index (χ1v) is 9.37. The summed E-state index contributed by atoms with van der Waals surface area (Å²) in [6.45, 7) is 0.453. The lowest BCUT2D eigenvalue weighted by Gasteiger charge is -2.21. The second-order valence-corrected chi connectivity index (χ2v) is 8.02. The third-order valence-corrected chi connectivity index (χ3v) is 5.89. The maximum Gasteiger partial charge on any atom is 0.242 e. The highest BCUT2D eigenvalue weighted by atomic mass is 32.2. The maximum atomic E-state index is 12.3. The molecule has 1 aliphatic heterocycles. The van der Waals surface area contributed by atoms with E-state index in [4.69, 9.17) is 18.0 Å². The smallest absolute Gasteiger partial charge is 0.242 e. The van der Waals surface area contributed by atoms with Crippen LogP contribution < -0.4 is 10.5 Å². The van der Waals surface area contributed by atoms with E-state index in [9.17, 15) is 8.42 Å². The molecule has 1 fully saturated rings. The third-order valence-electron chi connectivity index (χ3n) is 3.20. The Morgan fingerprint density at radius 2 is 2.20 bits per heavy atom. The average molecular weight is 331 g/mol. The summed E-state index contributed by atoms with van der Waals surface area (Å²) in [6, 6.07) is 3.04. The number of nitrogens with one attached hydrogen (secondary N) is 1. The molecule has 1 saturated heterocycles. The minimum atomic E-state index is -3.62. The SMILES string of the molecule is NC(=S)c1ncccc1S(=O)(=O)NCC1CCSCC1. The van der Waals surface area contributed by atoms with Crippen LogP contribution in [0.25, 0.3) is 0 Å². The Hall–Kier alpha value is -0.700. The topological polar surface area (TPSA) is 85.1 Å². The van der Waals surface area contributed by atoms with Crippen LogP contribution in [0.4, 0.5) is 0 Å². The van der Waals surface area contributed by atoms with Crippen molar-refractivity contribution in [1.82, 2.24) is 9.71 Å². The van der Waals surface area contributed by atoms with Gasteiger partial charge in [-0.3, -0.25) is 4.98 Å². The fraction of sp³-hybridized carbons (Fsp3) is 0.500. The van der Waals surface area contributed by atoms with Crippen LogP contribution in [0.2, 0.25) is 0 Å². The van der Waals surface area contributed by atoms with Crippen molar-refractivity contribution in [3.05, 3.63) is 24.0 Å². The van der Waals surface area contributed by atoms with E-state index >= 15 is 0 Å². The third kappa shape index (κ3) is 3.91. The van der Waals surface area contributed by atoms with Gasteiger partial charge in [-0.25, -0.2) is 13.1 Å². The number of nitrogens with two attached hydrogens (primary N) is 1. The van der Waals surface area contributed by atoms with Gasteiger partial charge in [-0.2, -0.15) is 11.8 Å². The second-order valence-electron chi connectivity index (χ2n) is 4.62. The highest BCUT2D eigenvalue weighted by Crippen LogP contribution is 2.22. The summed E-state index contributed by atoms with van der Waals surface area (Å²) >= 11 is 6.76. The fourth-order valence-electron chi connectivity index (χ4n) is 2.05. The Labute approximate surface area is 128 Å². The van der Waals surface area contributed by atoms with E-state index in [1.807, 2.05) is 11.8 Å². The molecule has 8 heteroatoms. The Morgan fingerprint density at radius 1 is 1.50 bits per heavy atom. The van der Waals surface area contributed by atoms with E-state index in [2.05, 4.69) is 9.71 Å². The molecule has 0 bridgehead atoms. The number of nitrogens with zero attached hydrogens (tertiary/aromatic N) is 1. The number of aromatic nitrogens is 1. The zero-order valence-electron chi connectivity index (χ0n) is 10.9. The number of hydrogen-bond acceptors (Lipinski definition) is 5. The molecular weight excluding hydrogens is 314 g/mol. The molecular formula is C12H17N3O2S3.